The van der Waals surface area contributed by atoms with E-state index in [9.17, 15) is 9.59 Å². The highest BCUT2D eigenvalue weighted by Gasteiger charge is 2.11. The molecule has 0 fully saturated rings. The van der Waals surface area contributed by atoms with Crippen molar-refractivity contribution in [1.82, 2.24) is 10.6 Å². The van der Waals surface area contributed by atoms with E-state index >= 15 is 0 Å². The number of nitrogens with zero attached hydrogens (tertiary/aromatic N) is 2. The number of carbonyl (C=O) groups is 2. The molecule has 0 unspecified atom stereocenters. The van der Waals surface area contributed by atoms with Crippen molar-refractivity contribution in [3.05, 3.63) is 83.4 Å². The van der Waals surface area contributed by atoms with Crippen molar-refractivity contribution < 1.29 is 9.59 Å². The number of rotatable bonds is 6. The molecule has 37 heavy (non-hydrogen) atoms. The summed E-state index contributed by atoms with van der Waals surface area (Å²) in [5.41, 5.74) is 5.09. The van der Waals surface area contributed by atoms with Gasteiger partial charge in [-0.2, -0.15) is 0 Å². The molecule has 0 saturated heterocycles. The quantitative estimate of drug-likeness (QED) is 0.224. The maximum Gasteiger partial charge on any atom is 0.323 e. The maximum atomic E-state index is 12.7. The summed E-state index contributed by atoms with van der Waals surface area (Å²) < 4.78 is 0. The molecule has 3 aromatic rings. The van der Waals surface area contributed by atoms with E-state index in [1.54, 1.807) is 38.4 Å². The number of nitrogens with one attached hydrogen (secondary N) is 6. The molecule has 0 aromatic heterocycles. The van der Waals surface area contributed by atoms with Crippen molar-refractivity contribution in [2.24, 2.45) is 9.98 Å². The largest absolute Gasteiger partial charge is 0.373 e. The van der Waals surface area contributed by atoms with Gasteiger partial charge in [0.15, 0.2) is 0 Å². The number of hydrogen-bond acceptors (Lipinski definition) is 5. The average Bonchev–Trinajstić information content (AvgIpc) is 3.43. The van der Waals surface area contributed by atoms with Crippen molar-refractivity contribution >= 4 is 46.5 Å². The summed E-state index contributed by atoms with van der Waals surface area (Å²) in [4.78, 5) is 33.8. The van der Waals surface area contributed by atoms with Crippen molar-refractivity contribution in [1.29, 1.82) is 0 Å². The van der Waals surface area contributed by atoms with Crippen LogP contribution < -0.4 is 31.9 Å². The van der Waals surface area contributed by atoms with Crippen LogP contribution >= 0.6 is 0 Å². The van der Waals surface area contributed by atoms with E-state index < -0.39 is 6.03 Å². The summed E-state index contributed by atoms with van der Waals surface area (Å²) in [6, 6.07) is 19.4. The second-order valence-corrected chi connectivity index (χ2v) is 8.33. The van der Waals surface area contributed by atoms with Crippen LogP contribution in [0.2, 0.25) is 0 Å². The zero-order valence-electron chi connectivity index (χ0n) is 21.0. The van der Waals surface area contributed by atoms with Gasteiger partial charge >= 0.3 is 12.1 Å². The molecule has 4 rings (SSSR count). The van der Waals surface area contributed by atoms with Gasteiger partial charge in [-0.3, -0.25) is 9.98 Å². The Hall–Kier alpha value is -4.86. The van der Waals surface area contributed by atoms with Crippen LogP contribution in [0.3, 0.4) is 0 Å². The van der Waals surface area contributed by atoms with E-state index in [4.69, 9.17) is 0 Å². The smallest absolute Gasteiger partial charge is 0.323 e. The van der Waals surface area contributed by atoms with E-state index in [-0.39, 0.29) is 6.03 Å². The number of urea groups is 2. The van der Waals surface area contributed by atoms with Crippen LogP contribution in [-0.2, 0) is 0 Å². The van der Waals surface area contributed by atoms with Gasteiger partial charge in [-0.05, 0) is 61.0 Å². The standard InChI is InChI=1S/C27H30N8O2/c1-17-7-10-22(34-26(36)32-20-11-8-18(9-12-20)24(28-2)29-3)16-23(17)35-27(37)33-21-6-4-5-19(15-21)25-30-13-14-31-25/h4-12,15-16H,13-14H2,1-3H3,(H,28,29)(H,30,31)(H2,32,34,36)(H2,33,35,37). The molecule has 10 heteroatoms. The van der Waals surface area contributed by atoms with Crippen LogP contribution in [0.1, 0.15) is 16.7 Å². The lowest BCUT2D eigenvalue weighted by atomic mass is 10.1. The summed E-state index contributed by atoms with van der Waals surface area (Å²) in [5.74, 6) is 1.58. The summed E-state index contributed by atoms with van der Waals surface area (Å²) in [7, 11) is 3.51. The number of amidine groups is 2. The molecule has 0 spiro atoms. The minimum atomic E-state index is -0.398. The van der Waals surface area contributed by atoms with Gasteiger partial charge in [0.25, 0.3) is 0 Å². The van der Waals surface area contributed by atoms with Crippen LogP contribution in [0.4, 0.5) is 32.3 Å². The highest BCUT2D eigenvalue weighted by molar-refractivity contribution is 6.04. The fourth-order valence-corrected chi connectivity index (χ4v) is 3.84. The van der Waals surface area contributed by atoms with Gasteiger partial charge in [-0.15, -0.1) is 0 Å². The first-order valence-electron chi connectivity index (χ1n) is 11.9. The average molecular weight is 499 g/mol. The predicted molar refractivity (Wildman–Crippen MR) is 150 cm³/mol. The molecule has 0 radical (unpaired) electrons. The topological polar surface area (TPSA) is 131 Å². The summed E-state index contributed by atoms with van der Waals surface area (Å²) in [5, 5.41) is 17.6. The molecule has 3 aromatic carbocycles. The molecule has 1 aliphatic heterocycles. The number of aryl methyl sites for hydroxylation is 1. The van der Waals surface area contributed by atoms with Gasteiger partial charge in [0.2, 0.25) is 0 Å². The Morgan fingerprint density at radius 1 is 0.865 bits per heavy atom. The zero-order chi connectivity index (χ0) is 26.2. The molecule has 6 N–H and O–H groups in total. The van der Waals surface area contributed by atoms with E-state index in [0.29, 0.717) is 22.7 Å². The molecule has 1 heterocycles. The lowest BCUT2D eigenvalue weighted by Gasteiger charge is -2.13. The first-order valence-corrected chi connectivity index (χ1v) is 11.9. The van der Waals surface area contributed by atoms with Gasteiger partial charge in [-0.1, -0.05) is 18.2 Å². The third-order valence-electron chi connectivity index (χ3n) is 5.69. The number of anilines is 4. The summed E-state index contributed by atoms with van der Waals surface area (Å²) in [6.07, 6.45) is 0. The summed E-state index contributed by atoms with van der Waals surface area (Å²) >= 11 is 0. The minimum Gasteiger partial charge on any atom is -0.373 e. The van der Waals surface area contributed by atoms with Crippen molar-refractivity contribution in [2.45, 2.75) is 6.92 Å². The Bertz CT molecular complexity index is 1350. The molecule has 0 aliphatic carbocycles. The van der Waals surface area contributed by atoms with Crippen molar-refractivity contribution in [3.63, 3.8) is 0 Å². The van der Waals surface area contributed by atoms with E-state index in [0.717, 1.165) is 41.5 Å². The molecule has 4 amide bonds. The maximum absolute atomic E-state index is 12.7. The first-order chi connectivity index (χ1) is 17.9. The number of amides is 4. The van der Waals surface area contributed by atoms with Gasteiger partial charge in [0.1, 0.15) is 11.7 Å². The molecule has 190 valence electrons. The van der Waals surface area contributed by atoms with Crippen LogP contribution in [0, 0.1) is 6.92 Å². The monoisotopic (exact) mass is 498 g/mol. The van der Waals surface area contributed by atoms with E-state index in [1.165, 1.54) is 0 Å². The molecule has 10 nitrogen and oxygen atoms in total. The fraction of sp³-hybridized carbons (Fsp3) is 0.185. The predicted octanol–water partition coefficient (Wildman–Crippen LogP) is 4.23. The third kappa shape index (κ3) is 6.63. The second-order valence-electron chi connectivity index (χ2n) is 8.33. The Labute approximate surface area is 215 Å². The normalized spacial score (nSPS) is 12.7. The second kappa shape index (κ2) is 11.7. The van der Waals surface area contributed by atoms with Gasteiger partial charge in [0.05, 0.1) is 6.54 Å². The first kappa shape index (κ1) is 25.2. The summed E-state index contributed by atoms with van der Waals surface area (Å²) in [6.45, 7) is 3.44. The fourth-order valence-electron chi connectivity index (χ4n) is 3.84. The highest BCUT2D eigenvalue weighted by Crippen LogP contribution is 2.21. The lowest BCUT2D eigenvalue weighted by Crippen LogP contribution is -2.22. The SMILES string of the molecule is CN=C(NC)c1ccc(NC(=O)Nc2ccc(C)c(NC(=O)Nc3cccc(C4=NCCN4)c3)c2)cc1. The number of hydrogen-bond donors (Lipinski definition) is 6. The van der Waals surface area contributed by atoms with Crippen LogP contribution in [0.5, 0.6) is 0 Å². The Kier molecular flexibility index (Phi) is 7.99. The lowest BCUT2D eigenvalue weighted by molar-refractivity contribution is 0.261. The number of aliphatic imine (C=N–C) groups is 2. The highest BCUT2D eigenvalue weighted by atomic mass is 16.2. The molecule has 0 bridgehead atoms. The van der Waals surface area contributed by atoms with Crippen molar-refractivity contribution in [3.8, 4) is 0 Å². The van der Waals surface area contributed by atoms with Gasteiger partial charge < -0.3 is 31.9 Å². The van der Waals surface area contributed by atoms with Crippen LogP contribution in [-0.4, -0.2) is 50.9 Å². The zero-order valence-corrected chi connectivity index (χ0v) is 21.0. The molecular weight excluding hydrogens is 468 g/mol. The molecule has 0 saturated carbocycles. The Morgan fingerprint density at radius 2 is 1.54 bits per heavy atom. The Balaban J connectivity index is 1.36. The number of carbonyl (C=O) groups excluding carboxylic acids is 2. The van der Waals surface area contributed by atoms with E-state index in [1.807, 2.05) is 49.4 Å². The van der Waals surface area contributed by atoms with Gasteiger partial charge in [0, 0.05) is 54.5 Å². The minimum absolute atomic E-state index is 0.389. The molecular formula is C27H30N8O2. The number of benzene rings is 3. The van der Waals surface area contributed by atoms with Crippen LogP contribution in [0.25, 0.3) is 0 Å². The third-order valence-corrected chi connectivity index (χ3v) is 5.69. The van der Waals surface area contributed by atoms with Gasteiger partial charge in [-0.25, -0.2) is 9.59 Å². The van der Waals surface area contributed by atoms with Crippen molar-refractivity contribution in [2.75, 3.05) is 48.5 Å². The Morgan fingerprint density at radius 3 is 2.22 bits per heavy atom. The van der Waals surface area contributed by atoms with E-state index in [2.05, 4.69) is 41.9 Å². The molecule has 0 atom stereocenters. The van der Waals surface area contributed by atoms with Crippen LogP contribution in [0.15, 0.2) is 76.7 Å². The molecule has 1 aliphatic rings.